The first-order valence-electron chi connectivity index (χ1n) is 8.35. The summed E-state index contributed by atoms with van der Waals surface area (Å²) >= 11 is 0. The van der Waals surface area contributed by atoms with Crippen molar-refractivity contribution in [1.29, 1.82) is 0 Å². The predicted octanol–water partition coefficient (Wildman–Crippen LogP) is 2.15. The third kappa shape index (κ3) is 4.37. The molecule has 0 aromatic heterocycles. The van der Waals surface area contributed by atoms with Crippen LogP contribution in [0.5, 0.6) is 0 Å². The molecule has 2 fully saturated rings. The summed E-state index contributed by atoms with van der Waals surface area (Å²) in [5.41, 5.74) is 6.18. The van der Waals surface area contributed by atoms with Gasteiger partial charge in [-0.15, -0.1) is 0 Å². The Morgan fingerprint density at radius 1 is 1.20 bits per heavy atom. The maximum Gasteiger partial charge on any atom is 0.191 e. The van der Waals surface area contributed by atoms with Gasteiger partial charge in [0.15, 0.2) is 5.96 Å². The molecule has 2 aliphatic heterocycles. The highest BCUT2D eigenvalue weighted by molar-refractivity contribution is 5.78. The van der Waals surface area contributed by atoms with Crippen LogP contribution in [0.15, 0.2) is 4.99 Å². The molecule has 0 unspecified atom stereocenters. The van der Waals surface area contributed by atoms with Gasteiger partial charge in [0, 0.05) is 25.7 Å². The van der Waals surface area contributed by atoms with E-state index in [1.165, 1.54) is 38.8 Å². The van der Waals surface area contributed by atoms with Crippen LogP contribution in [0.4, 0.5) is 0 Å². The Bertz CT molecular complexity index is 318. The Balaban J connectivity index is 1.81. The van der Waals surface area contributed by atoms with Crippen LogP contribution < -0.4 is 5.73 Å². The standard InChI is InChI=1S/C16H32N4/c1-13(2)12-20-8-4-5-15(20)11-18-16(17)19-9-6-14(3)7-10-19/h13-15H,4-12H2,1-3H3,(H2,17,18)/t15-/m1/s1. The molecule has 2 heterocycles. The van der Waals surface area contributed by atoms with Crippen molar-refractivity contribution in [2.24, 2.45) is 22.6 Å². The fourth-order valence-electron chi connectivity index (χ4n) is 3.35. The minimum absolute atomic E-state index is 0.611. The minimum Gasteiger partial charge on any atom is -0.370 e. The number of nitrogens with two attached hydrogens (primary N) is 1. The van der Waals surface area contributed by atoms with Crippen LogP contribution in [0, 0.1) is 11.8 Å². The van der Waals surface area contributed by atoms with Gasteiger partial charge in [-0.1, -0.05) is 20.8 Å². The van der Waals surface area contributed by atoms with Gasteiger partial charge < -0.3 is 10.6 Å². The molecule has 0 bridgehead atoms. The highest BCUT2D eigenvalue weighted by atomic mass is 15.3. The second kappa shape index (κ2) is 7.30. The summed E-state index contributed by atoms with van der Waals surface area (Å²) in [4.78, 5) is 9.55. The van der Waals surface area contributed by atoms with Gasteiger partial charge in [-0.25, -0.2) is 0 Å². The molecule has 4 nitrogen and oxygen atoms in total. The average molecular weight is 280 g/mol. The second-order valence-electron chi connectivity index (χ2n) is 7.05. The minimum atomic E-state index is 0.611. The number of rotatable bonds is 4. The monoisotopic (exact) mass is 280 g/mol. The molecule has 0 amide bonds. The van der Waals surface area contributed by atoms with E-state index in [9.17, 15) is 0 Å². The van der Waals surface area contributed by atoms with Crippen molar-refractivity contribution < 1.29 is 0 Å². The zero-order valence-electron chi connectivity index (χ0n) is 13.5. The van der Waals surface area contributed by atoms with Gasteiger partial charge in [-0.3, -0.25) is 9.89 Å². The van der Waals surface area contributed by atoms with E-state index in [1.807, 2.05) is 0 Å². The van der Waals surface area contributed by atoms with Gasteiger partial charge in [-0.2, -0.15) is 0 Å². The fraction of sp³-hybridized carbons (Fsp3) is 0.938. The van der Waals surface area contributed by atoms with Crippen molar-refractivity contribution in [3.63, 3.8) is 0 Å². The Hall–Kier alpha value is -0.770. The molecule has 20 heavy (non-hydrogen) atoms. The summed E-state index contributed by atoms with van der Waals surface area (Å²) in [6.07, 6.45) is 5.09. The van der Waals surface area contributed by atoms with Gasteiger partial charge in [0.25, 0.3) is 0 Å². The van der Waals surface area contributed by atoms with Gasteiger partial charge in [0.2, 0.25) is 0 Å². The largest absolute Gasteiger partial charge is 0.370 e. The molecular formula is C16H32N4. The predicted molar refractivity (Wildman–Crippen MR) is 85.9 cm³/mol. The van der Waals surface area contributed by atoms with E-state index in [1.54, 1.807) is 0 Å². The highest BCUT2D eigenvalue weighted by Gasteiger charge is 2.25. The summed E-state index contributed by atoms with van der Waals surface area (Å²) in [6.45, 7) is 12.4. The molecule has 2 N–H and O–H groups in total. The molecule has 0 aromatic carbocycles. The van der Waals surface area contributed by atoms with Gasteiger partial charge in [0.1, 0.15) is 0 Å². The molecule has 0 aromatic rings. The first kappa shape index (κ1) is 15.6. The zero-order valence-corrected chi connectivity index (χ0v) is 13.5. The summed E-state index contributed by atoms with van der Waals surface area (Å²) in [7, 11) is 0. The number of likely N-dealkylation sites (tertiary alicyclic amines) is 2. The van der Waals surface area contributed by atoms with Crippen molar-refractivity contribution in [3.05, 3.63) is 0 Å². The first-order chi connectivity index (χ1) is 9.56. The molecule has 0 saturated carbocycles. The number of hydrogen-bond acceptors (Lipinski definition) is 2. The maximum absolute atomic E-state index is 6.18. The van der Waals surface area contributed by atoms with Crippen molar-refractivity contribution in [2.75, 3.05) is 32.7 Å². The molecule has 0 spiro atoms. The zero-order chi connectivity index (χ0) is 14.5. The average Bonchev–Trinajstić information content (AvgIpc) is 2.83. The quantitative estimate of drug-likeness (QED) is 0.634. The fourth-order valence-corrected chi connectivity index (χ4v) is 3.35. The molecule has 2 aliphatic rings. The molecule has 2 saturated heterocycles. The Morgan fingerprint density at radius 3 is 2.55 bits per heavy atom. The summed E-state index contributed by atoms with van der Waals surface area (Å²) in [5, 5.41) is 0. The smallest absolute Gasteiger partial charge is 0.191 e. The maximum atomic E-state index is 6.18. The van der Waals surface area contributed by atoms with Crippen LogP contribution in [0.1, 0.15) is 46.5 Å². The summed E-state index contributed by atoms with van der Waals surface area (Å²) in [6, 6.07) is 0.611. The number of aliphatic imine (C=N–C) groups is 1. The van der Waals surface area contributed by atoms with Gasteiger partial charge in [0.05, 0.1) is 6.54 Å². The van der Waals surface area contributed by atoms with E-state index in [-0.39, 0.29) is 0 Å². The van der Waals surface area contributed by atoms with Crippen LogP contribution in [0.25, 0.3) is 0 Å². The Kier molecular flexibility index (Phi) is 5.70. The SMILES string of the molecule is CC(C)CN1CCC[C@@H]1CN=C(N)N1CCC(C)CC1. The third-order valence-electron chi connectivity index (χ3n) is 4.67. The molecule has 116 valence electrons. The molecule has 0 aliphatic carbocycles. The molecule has 2 rings (SSSR count). The summed E-state index contributed by atoms with van der Waals surface area (Å²) < 4.78 is 0. The lowest BCUT2D eigenvalue weighted by Gasteiger charge is -2.31. The molecule has 4 heteroatoms. The van der Waals surface area contributed by atoms with E-state index >= 15 is 0 Å². The molecule has 0 radical (unpaired) electrons. The Morgan fingerprint density at radius 2 is 1.90 bits per heavy atom. The van der Waals surface area contributed by atoms with Crippen LogP contribution in [0.3, 0.4) is 0 Å². The van der Waals surface area contributed by atoms with E-state index in [4.69, 9.17) is 10.7 Å². The van der Waals surface area contributed by atoms with Crippen LogP contribution in [-0.2, 0) is 0 Å². The number of hydrogen-bond donors (Lipinski definition) is 1. The van der Waals surface area contributed by atoms with Crippen molar-refractivity contribution in [2.45, 2.75) is 52.5 Å². The lowest BCUT2D eigenvalue weighted by Crippen LogP contribution is -2.43. The molecule has 1 atom stereocenters. The van der Waals surface area contributed by atoms with Gasteiger partial charge >= 0.3 is 0 Å². The number of nitrogens with zero attached hydrogens (tertiary/aromatic N) is 3. The number of piperidine rings is 1. The summed E-state index contributed by atoms with van der Waals surface area (Å²) in [5.74, 6) is 2.35. The van der Waals surface area contributed by atoms with E-state index in [0.717, 1.165) is 37.4 Å². The van der Waals surface area contributed by atoms with Crippen molar-refractivity contribution in [1.82, 2.24) is 9.80 Å². The second-order valence-corrected chi connectivity index (χ2v) is 7.05. The topological polar surface area (TPSA) is 44.9 Å². The van der Waals surface area contributed by atoms with E-state index in [2.05, 4.69) is 30.6 Å². The van der Waals surface area contributed by atoms with Gasteiger partial charge in [-0.05, 0) is 44.1 Å². The van der Waals surface area contributed by atoms with Crippen LogP contribution >= 0.6 is 0 Å². The lowest BCUT2D eigenvalue weighted by molar-refractivity contribution is 0.229. The van der Waals surface area contributed by atoms with Crippen LogP contribution in [-0.4, -0.2) is 54.5 Å². The first-order valence-corrected chi connectivity index (χ1v) is 8.35. The van der Waals surface area contributed by atoms with E-state index in [0.29, 0.717) is 6.04 Å². The normalized spacial score (nSPS) is 26.7. The van der Waals surface area contributed by atoms with Crippen molar-refractivity contribution >= 4 is 5.96 Å². The lowest BCUT2D eigenvalue weighted by atomic mass is 10.00. The van der Waals surface area contributed by atoms with Crippen molar-refractivity contribution in [3.8, 4) is 0 Å². The van der Waals surface area contributed by atoms with Crippen LogP contribution in [0.2, 0.25) is 0 Å². The number of guanidine groups is 1. The third-order valence-corrected chi connectivity index (χ3v) is 4.67. The highest BCUT2D eigenvalue weighted by Crippen LogP contribution is 2.19. The Labute approximate surface area is 124 Å². The van der Waals surface area contributed by atoms with E-state index < -0.39 is 0 Å². The molecular weight excluding hydrogens is 248 g/mol.